The lowest BCUT2D eigenvalue weighted by Crippen LogP contribution is -2.43. The Morgan fingerprint density at radius 2 is 1.70 bits per heavy atom. The first-order valence-corrected chi connectivity index (χ1v) is 12.1. The largest absolute Gasteiger partial charge is 0.418 e. The molecule has 0 radical (unpaired) electrons. The van der Waals surface area contributed by atoms with Crippen molar-refractivity contribution in [3.8, 4) is 11.3 Å². The minimum absolute atomic E-state index is 0.0654. The highest BCUT2D eigenvalue weighted by molar-refractivity contribution is 5.98. The first kappa shape index (κ1) is 31.7. The lowest BCUT2D eigenvalue weighted by atomic mass is 10.0. The Balaban J connectivity index is 1.61. The van der Waals surface area contributed by atoms with E-state index in [1.807, 2.05) is 0 Å². The number of benzene rings is 1. The van der Waals surface area contributed by atoms with Crippen LogP contribution < -0.4 is 11.1 Å². The van der Waals surface area contributed by atoms with Gasteiger partial charge in [0.2, 0.25) is 5.91 Å². The predicted octanol–water partition coefficient (Wildman–Crippen LogP) is 4.85. The second-order valence-electron chi connectivity index (χ2n) is 9.70. The van der Waals surface area contributed by atoms with Crippen LogP contribution in [0.5, 0.6) is 0 Å². The number of nitrogens with one attached hydrogen (secondary N) is 1. The van der Waals surface area contributed by atoms with Crippen LogP contribution in [0.2, 0.25) is 0 Å². The summed E-state index contributed by atoms with van der Waals surface area (Å²) in [6, 6.07) is 1.08. The van der Waals surface area contributed by atoms with Gasteiger partial charge in [0, 0.05) is 18.5 Å². The topological polar surface area (TPSA) is 106 Å². The van der Waals surface area contributed by atoms with Gasteiger partial charge in [-0.25, -0.2) is 18.3 Å². The smallest absolute Gasteiger partial charge is 0.382 e. The molecule has 8 nitrogen and oxygen atoms in total. The number of amides is 2. The van der Waals surface area contributed by atoms with Gasteiger partial charge in [0.05, 0.1) is 29.4 Å². The number of likely N-dealkylation sites (tertiary alicyclic amines) is 1. The number of carbonyl (C=O) groups excluding carboxylic acids is 2. The number of anilines is 1. The number of carbonyl (C=O) groups is 2. The summed E-state index contributed by atoms with van der Waals surface area (Å²) in [6.45, 7) is -0.542. The average molecular weight is 632 g/mol. The van der Waals surface area contributed by atoms with E-state index in [0.29, 0.717) is 15.5 Å². The van der Waals surface area contributed by atoms with Crippen molar-refractivity contribution in [2.24, 2.45) is 5.92 Å². The number of hydrogen-bond donors (Lipinski definition) is 2. The molecule has 3 aromatic rings. The van der Waals surface area contributed by atoms with Gasteiger partial charge < -0.3 is 16.0 Å². The number of nitrogens with zero attached hydrogens (tertiary/aromatic N) is 4. The third-order valence-electron chi connectivity index (χ3n) is 6.83. The molecule has 0 spiro atoms. The van der Waals surface area contributed by atoms with E-state index in [4.69, 9.17) is 5.73 Å². The summed E-state index contributed by atoms with van der Waals surface area (Å²) in [5.74, 6) is -8.92. The van der Waals surface area contributed by atoms with Crippen molar-refractivity contribution >= 4 is 23.1 Å². The van der Waals surface area contributed by atoms with E-state index in [-0.39, 0.29) is 5.56 Å². The summed E-state index contributed by atoms with van der Waals surface area (Å²) in [7, 11) is 0. The molecule has 1 aromatic carbocycles. The van der Waals surface area contributed by atoms with E-state index >= 15 is 4.39 Å². The van der Waals surface area contributed by atoms with E-state index in [1.54, 1.807) is 0 Å². The van der Waals surface area contributed by atoms with Crippen LogP contribution in [0.1, 0.15) is 27.9 Å². The Hall–Kier alpha value is -4.19. The number of aromatic nitrogens is 3. The number of alkyl halides is 10. The molecule has 0 saturated carbocycles. The van der Waals surface area contributed by atoms with Crippen molar-refractivity contribution in [3.63, 3.8) is 0 Å². The maximum atomic E-state index is 15.7. The van der Waals surface area contributed by atoms with E-state index in [0.717, 1.165) is 18.5 Å². The van der Waals surface area contributed by atoms with Crippen LogP contribution >= 0.6 is 0 Å². The van der Waals surface area contributed by atoms with Gasteiger partial charge in [0.15, 0.2) is 11.7 Å². The predicted molar refractivity (Wildman–Crippen MR) is 125 cm³/mol. The molecule has 1 fully saturated rings. The van der Waals surface area contributed by atoms with Gasteiger partial charge >= 0.3 is 18.5 Å². The fourth-order valence-electron chi connectivity index (χ4n) is 4.69. The van der Waals surface area contributed by atoms with Crippen molar-refractivity contribution in [2.45, 2.75) is 44.1 Å². The molecule has 43 heavy (non-hydrogen) atoms. The highest BCUT2D eigenvalue weighted by atomic mass is 19.4. The molecular formula is C24H19F11N6O2. The molecule has 1 saturated heterocycles. The molecular weight excluding hydrogens is 613 g/mol. The Morgan fingerprint density at radius 1 is 1.07 bits per heavy atom. The van der Waals surface area contributed by atoms with E-state index in [1.165, 1.54) is 6.92 Å². The number of hydrogen-bond acceptors (Lipinski definition) is 5. The summed E-state index contributed by atoms with van der Waals surface area (Å²) in [5.41, 5.74) is 1.74. The van der Waals surface area contributed by atoms with Crippen LogP contribution in [0, 0.1) is 18.7 Å². The van der Waals surface area contributed by atoms with Gasteiger partial charge in [-0.1, -0.05) is 6.07 Å². The highest BCUT2D eigenvalue weighted by Crippen LogP contribution is 2.42. The Kier molecular flexibility index (Phi) is 7.99. The second-order valence-corrected chi connectivity index (χ2v) is 9.70. The molecule has 4 rings (SSSR count). The third kappa shape index (κ3) is 6.15. The van der Waals surface area contributed by atoms with Gasteiger partial charge in [0.1, 0.15) is 23.8 Å². The SMILES string of the molecule is Cc1ccc(-c2cc(C(F)(F)F)c3c(N)ncnn23)c(F)c1C(=O)N[C@@H]1CN(C(=O)CC(C(F)(F)F)C(F)(F)F)C[C@@H]1F. The van der Waals surface area contributed by atoms with Gasteiger partial charge in [-0.15, -0.1) is 0 Å². The van der Waals surface area contributed by atoms with Gasteiger partial charge in [-0.2, -0.15) is 44.6 Å². The zero-order valence-electron chi connectivity index (χ0n) is 21.5. The molecule has 2 atom stereocenters. The summed E-state index contributed by atoms with van der Waals surface area (Å²) < 4.78 is 149. The number of rotatable bonds is 5. The fraction of sp³-hybridized carbons (Fsp3) is 0.417. The van der Waals surface area contributed by atoms with Crippen molar-refractivity contribution in [1.82, 2.24) is 24.8 Å². The maximum Gasteiger partial charge on any atom is 0.418 e. The van der Waals surface area contributed by atoms with Crippen molar-refractivity contribution in [1.29, 1.82) is 0 Å². The molecule has 0 bridgehead atoms. The number of nitrogens with two attached hydrogens (primary N) is 1. The van der Waals surface area contributed by atoms with Crippen LogP contribution in [0.25, 0.3) is 16.8 Å². The standard InChI is InChI=1S/C24H19F11N6O2/c1-9-2-3-10(14-4-11(22(27,28)29)19-20(36)37-8-38-41(14)19)18(26)17(9)21(43)39-13-7-40(6-12(13)25)16(42)5-15(23(30,31)32)24(33,34)35/h2-4,8,12-13,15H,5-7H2,1H3,(H,39,43)(H2,36,37,38)/t12-,13+/m0/s1. The fourth-order valence-corrected chi connectivity index (χ4v) is 4.69. The Labute approximate surface area is 233 Å². The monoisotopic (exact) mass is 632 g/mol. The van der Waals surface area contributed by atoms with Crippen LogP contribution in [-0.4, -0.2) is 69.0 Å². The van der Waals surface area contributed by atoms with Gasteiger partial charge in [-0.3, -0.25) is 9.59 Å². The zero-order chi connectivity index (χ0) is 32.2. The summed E-state index contributed by atoms with van der Waals surface area (Å²) in [6.07, 6.45) is -20.0. The minimum atomic E-state index is -5.81. The first-order valence-electron chi connectivity index (χ1n) is 12.1. The van der Waals surface area contributed by atoms with Crippen molar-refractivity contribution in [3.05, 3.63) is 47.0 Å². The molecule has 2 amide bonds. The highest BCUT2D eigenvalue weighted by Gasteiger charge is 2.57. The lowest BCUT2D eigenvalue weighted by Gasteiger charge is -2.25. The second kappa shape index (κ2) is 10.8. The van der Waals surface area contributed by atoms with Crippen molar-refractivity contribution < 1.29 is 57.9 Å². The molecule has 2 aromatic heterocycles. The first-order chi connectivity index (χ1) is 19.7. The minimum Gasteiger partial charge on any atom is -0.382 e. The molecule has 1 aliphatic heterocycles. The molecule has 0 unspecified atom stereocenters. The van der Waals surface area contributed by atoms with Crippen LogP contribution in [-0.2, 0) is 11.0 Å². The van der Waals surface area contributed by atoms with E-state index in [2.05, 4.69) is 15.4 Å². The van der Waals surface area contributed by atoms with Crippen LogP contribution in [0.3, 0.4) is 0 Å². The molecule has 3 N–H and O–H groups in total. The maximum absolute atomic E-state index is 15.7. The normalized spacial score (nSPS) is 18.1. The van der Waals surface area contributed by atoms with Crippen molar-refractivity contribution in [2.75, 3.05) is 18.8 Å². The third-order valence-corrected chi connectivity index (χ3v) is 6.83. The van der Waals surface area contributed by atoms with Gasteiger partial charge in [0.25, 0.3) is 5.91 Å². The summed E-state index contributed by atoms with van der Waals surface area (Å²) >= 11 is 0. The quantitative estimate of drug-likeness (QED) is 0.392. The van der Waals surface area contributed by atoms with E-state index in [9.17, 15) is 53.5 Å². The lowest BCUT2D eigenvalue weighted by molar-refractivity contribution is -0.284. The number of nitrogen functional groups attached to an aromatic ring is 1. The number of fused-ring (bicyclic) bond motifs is 1. The molecule has 0 aliphatic carbocycles. The van der Waals surface area contributed by atoms with Crippen LogP contribution in [0.15, 0.2) is 24.5 Å². The summed E-state index contributed by atoms with van der Waals surface area (Å²) in [4.78, 5) is 29.1. The van der Waals surface area contributed by atoms with E-state index < -0.39 is 108 Å². The molecule has 3 heterocycles. The average Bonchev–Trinajstić information content (AvgIpc) is 3.43. The Morgan fingerprint density at radius 3 is 2.28 bits per heavy atom. The summed E-state index contributed by atoms with van der Waals surface area (Å²) in [5, 5.41) is 5.74. The molecule has 1 aliphatic rings. The number of aryl methyl sites for hydroxylation is 1. The molecule has 234 valence electrons. The molecule has 19 heteroatoms. The van der Waals surface area contributed by atoms with Gasteiger partial charge in [-0.05, 0) is 24.6 Å². The number of halogens is 11. The Bertz CT molecular complexity index is 1550. The zero-order valence-corrected chi connectivity index (χ0v) is 21.5. The van der Waals surface area contributed by atoms with Crippen LogP contribution in [0.4, 0.5) is 54.1 Å².